The number of rotatable bonds is 0. The third-order valence-electron chi connectivity index (χ3n) is 2.22. The molecule has 2 aromatic heterocycles. The Kier molecular flexibility index (Phi) is 1.94. The second-order valence-corrected chi connectivity index (χ2v) is 4.01. The molecule has 0 aliphatic carbocycles. The summed E-state index contributed by atoms with van der Waals surface area (Å²) in [5, 5.41) is 4.14. The van der Waals surface area contributed by atoms with Crippen molar-refractivity contribution in [1.29, 1.82) is 0 Å². The number of halogens is 1. The summed E-state index contributed by atoms with van der Waals surface area (Å²) < 4.78 is 2.97. The molecule has 0 amide bonds. The molecular weight excluding hydrogens is 278 g/mol. The van der Waals surface area contributed by atoms with Gasteiger partial charge in [0.15, 0.2) is 5.82 Å². The molecule has 4 nitrogen and oxygen atoms in total. The largest absolute Gasteiger partial charge is 0.382 e. The van der Waals surface area contributed by atoms with E-state index in [4.69, 9.17) is 5.73 Å². The van der Waals surface area contributed by atoms with Crippen molar-refractivity contribution in [2.24, 2.45) is 0 Å². The van der Waals surface area contributed by atoms with Crippen LogP contribution in [-0.2, 0) is 0 Å². The van der Waals surface area contributed by atoms with Crippen LogP contribution < -0.4 is 11.2 Å². The maximum absolute atomic E-state index is 5.76. The number of fused-ring (bicyclic) bond motifs is 1. The van der Waals surface area contributed by atoms with Crippen LogP contribution in [0.5, 0.6) is 0 Å². The Morgan fingerprint density at radius 3 is 2.92 bits per heavy atom. The van der Waals surface area contributed by atoms with Gasteiger partial charge in [-0.1, -0.05) is 5.46 Å². The molecule has 0 atom stereocenters. The maximum atomic E-state index is 5.76. The molecule has 2 N–H and O–H groups in total. The predicted molar refractivity (Wildman–Crippen MR) is 63.0 cm³/mol. The third-order valence-corrected chi connectivity index (χ3v) is 3.54. The maximum Gasteiger partial charge on any atom is 0.152 e. The van der Waals surface area contributed by atoms with Crippen LogP contribution in [0.25, 0.3) is 5.52 Å². The van der Waals surface area contributed by atoms with Crippen LogP contribution in [-0.4, -0.2) is 22.4 Å². The van der Waals surface area contributed by atoms with Crippen molar-refractivity contribution in [3.05, 3.63) is 15.6 Å². The van der Waals surface area contributed by atoms with Gasteiger partial charge in [-0.05, 0) is 29.5 Å². The number of nitrogen functional groups attached to an aromatic ring is 1. The van der Waals surface area contributed by atoms with Gasteiger partial charge in [0.25, 0.3) is 0 Å². The SMILES string of the molecule is Bc1c(I)c2c(N)ncnn2c1C. The van der Waals surface area contributed by atoms with Gasteiger partial charge in [-0.15, -0.1) is 0 Å². The summed E-state index contributed by atoms with van der Waals surface area (Å²) in [7, 11) is 2.06. The number of aromatic nitrogens is 3. The van der Waals surface area contributed by atoms with Crippen LogP contribution in [0.4, 0.5) is 5.82 Å². The summed E-state index contributed by atoms with van der Waals surface area (Å²) in [6.45, 7) is 2.02. The standard InChI is InChI=1S/C7H8BIN4/c1-3-4(8)5(9)6-7(10)11-2-12-13(3)6/h2H,8H2,1H3,(H2,10,11,12). The molecule has 13 heavy (non-hydrogen) atoms. The van der Waals surface area contributed by atoms with Gasteiger partial charge in [-0.3, -0.25) is 0 Å². The molecule has 0 bridgehead atoms. The average Bonchev–Trinajstić information content (AvgIpc) is 2.33. The Bertz CT molecular complexity index is 479. The lowest BCUT2D eigenvalue weighted by Gasteiger charge is -1.97. The minimum absolute atomic E-state index is 0.538. The molecule has 6 heteroatoms. The van der Waals surface area contributed by atoms with Crippen LogP contribution in [0.2, 0.25) is 0 Å². The summed E-state index contributed by atoms with van der Waals surface area (Å²) >= 11 is 2.27. The van der Waals surface area contributed by atoms with Crippen molar-refractivity contribution in [1.82, 2.24) is 14.6 Å². The van der Waals surface area contributed by atoms with E-state index < -0.39 is 0 Å². The average molecular weight is 286 g/mol. The van der Waals surface area contributed by atoms with Gasteiger partial charge in [-0.25, -0.2) is 9.50 Å². The summed E-state index contributed by atoms with van der Waals surface area (Å²) in [4.78, 5) is 3.96. The van der Waals surface area contributed by atoms with Crippen molar-refractivity contribution in [3.8, 4) is 0 Å². The van der Waals surface area contributed by atoms with Crippen molar-refractivity contribution in [3.63, 3.8) is 0 Å². The fourth-order valence-electron chi connectivity index (χ4n) is 1.32. The van der Waals surface area contributed by atoms with Gasteiger partial charge in [0, 0.05) is 9.26 Å². The summed E-state index contributed by atoms with van der Waals surface area (Å²) in [5.41, 5.74) is 9.01. The number of nitrogens with two attached hydrogens (primary N) is 1. The molecule has 0 radical (unpaired) electrons. The van der Waals surface area contributed by atoms with Crippen LogP contribution in [0.3, 0.4) is 0 Å². The molecule has 0 aliphatic rings. The predicted octanol–water partition coefficient (Wildman–Crippen LogP) is -0.517. The second kappa shape index (κ2) is 2.86. The van der Waals surface area contributed by atoms with E-state index in [1.165, 1.54) is 11.8 Å². The Morgan fingerprint density at radius 2 is 2.31 bits per heavy atom. The quantitative estimate of drug-likeness (QED) is 0.524. The van der Waals surface area contributed by atoms with Crippen LogP contribution >= 0.6 is 22.6 Å². The van der Waals surface area contributed by atoms with Crippen molar-refractivity contribution in [2.75, 3.05) is 5.73 Å². The van der Waals surface area contributed by atoms with E-state index in [1.807, 2.05) is 11.4 Å². The number of nitrogens with zero attached hydrogens (tertiary/aromatic N) is 3. The van der Waals surface area contributed by atoms with Crippen LogP contribution in [0.1, 0.15) is 5.69 Å². The fourth-order valence-corrected chi connectivity index (χ4v) is 2.22. The molecule has 0 fully saturated rings. The molecular formula is C7H8BIN4. The van der Waals surface area contributed by atoms with E-state index in [0.717, 1.165) is 14.8 Å². The molecule has 2 heterocycles. The van der Waals surface area contributed by atoms with Gasteiger partial charge in [0.05, 0.1) is 0 Å². The molecule has 2 aromatic rings. The zero-order valence-corrected chi connectivity index (χ0v) is 9.53. The van der Waals surface area contributed by atoms with E-state index in [1.54, 1.807) is 0 Å². The van der Waals surface area contributed by atoms with E-state index in [2.05, 4.69) is 40.5 Å². The first-order valence-corrected chi connectivity index (χ1v) is 4.94. The summed E-state index contributed by atoms with van der Waals surface area (Å²) in [6, 6.07) is 0. The topological polar surface area (TPSA) is 56.2 Å². The van der Waals surface area contributed by atoms with E-state index >= 15 is 0 Å². The van der Waals surface area contributed by atoms with Gasteiger partial charge >= 0.3 is 0 Å². The lowest BCUT2D eigenvalue weighted by Crippen LogP contribution is -2.07. The zero-order chi connectivity index (χ0) is 9.59. The van der Waals surface area contributed by atoms with Gasteiger partial charge in [0.2, 0.25) is 0 Å². The molecule has 0 saturated heterocycles. The van der Waals surface area contributed by atoms with Crippen molar-refractivity contribution in [2.45, 2.75) is 6.92 Å². The first-order chi connectivity index (χ1) is 6.13. The highest BCUT2D eigenvalue weighted by atomic mass is 127. The second-order valence-electron chi connectivity index (χ2n) is 2.93. The monoisotopic (exact) mass is 286 g/mol. The third kappa shape index (κ3) is 1.12. The minimum Gasteiger partial charge on any atom is -0.382 e. The molecule has 2 rings (SSSR count). The normalized spacial score (nSPS) is 10.9. The molecule has 0 aromatic carbocycles. The lowest BCUT2D eigenvalue weighted by atomic mass is 9.97. The number of hydrogen-bond acceptors (Lipinski definition) is 3. The van der Waals surface area contributed by atoms with Gasteiger partial charge in [-0.2, -0.15) is 5.10 Å². The molecule has 0 aliphatic heterocycles. The Labute approximate surface area is 90.1 Å². The first kappa shape index (κ1) is 8.80. The van der Waals surface area contributed by atoms with Crippen LogP contribution in [0, 0.1) is 10.5 Å². The number of hydrogen-bond donors (Lipinski definition) is 1. The van der Waals surface area contributed by atoms with Gasteiger partial charge < -0.3 is 5.73 Å². The Balaban J connectivity index is 3.03. The van der Waals surface area contributed by atoms with E-state index in [-0.39, 0.29) is 0 Å². The Hall–Kier alpha value is -0.785. The Morgan fingerprint density at radius 1 is 1.62 bits per heavy atom. The van der Waals surface area contributed by atoms with Crippen LogP contribution in [0.15, 0.2) is 6.33 Å². The molecule has 0 unspecified atom stereocenters. The van der Waals surface area contributed by atoms with Gasteiger partial charge in [0.1, 0.15) is 19.7 Å². The summed E-state index contributed by atoms with van der Waals surface area (Å²) in [6.07, 6.45) is 1.48. The van der Waals surface area contributed by atoms with Crippen molar-refractivity contribution >= 4 is 47.2 Å². The fraction of sp³-hybridized carbons (Fsp3) is 0.143. The highest BCUT2D eigenvalue weighted by Crippen LogP contribution is 2.18. The lowest BCUT2D eigenvalue weighted by molar-refractivity contribution is 0.877. The minimum atomic E-state index is 0.538. The molecule has 66 valence electrons. The number of anilines is 1. The van der Waals surface area contributed by atoms with Crippen molar-refractivity contribution < 1.29 is 0 Å². The van der Waals surface area contributed by atoms with E-state index in [0.29, 0.717) is 5.82 Å². The zero-order valence-electron chi connectivity index (χ0n) is 7.37. The highest BCUT2D eigenvalue weighted by molar-refractivity contribution is 14.1. The summed E-state index contributed by atoms with van der Waals surface area (Å²) in [5.74, 6) is 0.538. The van der Waals surface area contributed by atoms with E-state index in [9.17, 15) is 0 Å². The molecule has 0 saturated carbocycles. The molecule has 0 spiro atoms. The first-order valence-electron chi connectivity index (χ1n) is 3.86. The highest BCUT2D eigenvalue weighted by Gasteiger charge is 2.12. The number of aryl methyl sites for hydroxylation is 1. The smallest absolute Gasteiger partial charge is 0.152 e.